The molecule has 0 saturated carbocycles. The van der Waals surface area contributed by atoms with Crippen LogP contribution in [0, 0.1) is 6.92 Å². The van der Waals surface area contributed by atoms with Gasteiger partial charge in [0.05, 0.1) is 0 Å². The SMILES string of the molecule is Cc1c(Cl)cccc1NC(=O)OC(C)(C)C. The van der Waals surface area contributed by atoms with Crippen molar-refractivity contribution >= 4 is 23.4 Å². The summed E-state index contributed by atoms with van der Waals surface area (Å²) in [5.41, 5.74) is 0.994. The van der Waals surface area contributed by atoms with Gasteiger partial charge in [-0.25, -0.2) is 4.79 Å². The van der Waals surface area contributed by atoms with Gasteiger partial charge in [0.25, 0.3) is 0 Å². The van der Waals surface area contributed by atoms with Crippen LogP contribution in [-0.4, -0.2) is 11.7 Å². The molecule has 0 aliphatic heterocycles. The van der Waals surface area contributed by atoms with E-state index >= 15 is 0 Å². The fourth-order valence-electron chi connectivity index (χ4n) is 1.16. The number of benzene rings is 1. The Kier molecular flexibility index (Phi) is 3.81. The van der Waals surface area contributed by atoms with Gasteiger partial charge in [0, 0.05) is 10.7 Å². The fourth-order valence-corrected chi connectivity index (χ4v) is 1.33. The molecule has 0 spiro atoms. The van der Waals surface area contributed by atoms with Crippen LogP contribution in [0.2, 0.25) is 5.02 Å². The van der Waals surface area contributed by atoms with Crippen molar-refractivity contribution in [2.45, 2.75) is 33.3 Å². The number of carbonyl (C=O) groups excluding carboxylic acids is 1. The van der Waals surface area contributed by atoms with Crippen LogP contribution in [0.25, 0.3) is 0 Å². The van der Waals surface area contributed by atoms with Gasteiger partial charge in [-0.1, -0.05) is 17.7 Å². The first-order valence-corrected chi connectivity index (χ1v) is 5.42. The monoisotopic (exact) mass is 241 g/mol. The van der Waals surface area contributed by atoms with Crippen molar-refractivity contribution in [2.75, 3.05) is 5.32 Å². The molecule has 0 bridgehead atoms. The Bertz CT molecular complexity index is 396. The van der Waals surface area contributed by atoms with Crippen molar-refractivity contribution in [3.63, 3.8) is 0 Å². The van der Waals surface area contributed by atoms with Crippen molar-refractivity contribution < 1.29 is 9.53 Å². The van der Waals surface area contributed by atoms with E-state index in [1.807, 2.05) is 27.7 Å². The molecule has 0 radical (unpaired) electrons. The van der Waals surface area contributed by atoms with Crippen molar-refractivity contribution in [3.05, 3.63) is 28.8 Å². The minimum absolute atomic E-state index is 0.474. The van der Waals surface area contributed by atoms with Gasteiger partial charge in [-0.3, -0.25) is 5.32 Å². The van der Waals surface area contributed by atoms with Crippen LogP contribution in [-0.2, 0) is 4.74 Å². The molecule has 1 rings (SSSR count). The van der Waals surface area contributed by atoms with Crippen LogP contribution in [0.4, 0.5) is 10.5 Å². The van der Waals surface area contributed by atoms with Gasteiger partial charge in [-0.15, -0.1) is 0 Å². The highest BCUT2D eigenvalue weighted by Crippen LogP contribution is 2.23. The molecule has 0 unspecified atom stereocenters. The van der Waals surface area contributed by atoms with Gasteiger partial charge in [-0.2, -0.15) is 0 Å². The Balaban J connectivity index is 2.74. The Morgan fingerprint density at radius 1 is 1.38 bits per heavy atom. The fraction of sp³-hybridized carbons (Fsp3) is 0.417. The van der Waals surface area contributed by atoms with Crippen molar-refractivity contribution in [1.82, 2.24) is 0 Å². The summed E-state index contributed by atoms with van der Waals surface area (Å²) < 4.78 is 5.14. The lowest BCUT2D eigenvalue weighted by atomic mass is 10.2. The quantitative estimate of drug-likeness (QED) is 0.807. The number of hydrogen-bond donors (Lipinski definition) is 1. The molecule has 1 amide bonds. The van der Waals surface area contributed by atoms with Crippen LogP contribution in [0.5, 0.6) is 0 Å². The molecule has 16 heavy (non-hydrogen) atoms. The molecule has 1 N–H and O–H groups in total. The van der Waals surface area contributed by atoms with Crippen LogP contribution >= 0.6 is 11.6 Å². The molecular formula is C12H16ClNO2. The number of amides is 1. The van der Waals surface area contributed by atoms with Crippen LogP contribution in [0.3, 0.4) is 0 Å². The third-order valence-electron chi connectivity index (χ3n) is 1.90. The highest BCUT2D eigenvalue weighted by Gasteiger charge is 2.16. The molecule has 88 valence electrons. The third kappa shape index (κ3) is 3.74. The summed E-state index contributed by atoms with van der Waals surface area (Å²) in [6.45, 7) is 7.29. The number of rotatable bonds is 1. The predicted octanol–water partition coefficient (Wildman–Crippen LogP) is 4.00. The predicted molar refractivity (Wildman–Crippen MR) is 66.0 cm³/mol. The molecule has 4 heteroatoms. The van der Waals surface area contributed by atoms with E-state index in [0.717, 1.165) is 5.56 Å². The van der Waals surface area contributed by atoms with Gasteiger partial charge in [0.1, 0.15) is 5.60 Å². The summed E-state index contributed by atoms with van der Waals surface area (Å²) in [5, 5.41) is 3.28. The van der Waals surface area contributed by atoms with E-state index in [0.29, 0.717) is 10.7 Å². The molecule has 0 heterocycles. The Morgan fingerprint density at radius 3 is 2.56 bits per heavy atom. The lowest BCUT2D eigenvalue weighted by Crippen LogP contribution is -2.27. The zero-order valence-corrected chi connectivity index (χ0v) is 10.7. The maximum atomic E-state index is 11.5. The van der Waals surface area contributed by atoms with Crippen molar-refractivity contribution in [3.8, 4) is 0 Å². The maximum Gasteiger partial charge on any atom is 0.412 e. The Morgan fingerprint density at radius 2 is 2.00 bits per heavy atom. The van der Waals surface area contributed by atoms with Gasteiger partial charge < -0.3 is 4.74 Å². The van der Waals surface area contributed by atoms with Gasteiger partial charge in [0.15, 0.2) is 0 Å². The molecule has 1 aromatic rings. The zero-order valence-electron chi connectivity index (χ0n) is 9.93. The molecule has 0 saturated heterocycles. The molecule has 0 aliphatic rings. The number of anilines is 1. The molecule has 0 aromatic heterocycles. The number of ether oxygens (including phenoxy) is 1. The summed E-state index contributed by atoms with van der Waals surface area (Å²) in [6.07, 6.45) is -0.474. The number of nitrogens with one attached hydrogen (secondary N) is 1. The average Bonchev–Trinajstić information content (AvgIpc) is 2.09. The molecular weight excluding hydrogens is 226 g/mol. The van der Waals surface area contributed by atoms with E-state index in [1.165, 1.54) is 0 Å². The highest BCUT2D eigenvalue weighted by molar-refractivity contribution is 6.31. The molecule has 0 atom stereocenters. The summed E-state index contributed by atoms with van der Waals surface area (Å²) in [6, 6.07) is 5.34. The number of carbonyl (C=O) groups is 1. The molecule has 3 nitrogen and oxygen atoms in total. The highest BCUT2D eigenvalue weighted by atomic mass is 35.5. The summed E-state index contributed by atoms with van der Waals surface area (Å²) in [5.74, 6) is 0. The van der Waals surface area contributed by atoms with Crippen LogP contribution < -0.4 is 5.32 Å². The number of halogens is 1. The van der Waals surface area contributed by atoms with E-state index in [1.54, 1.807) is 18.2 Å². The van der Waals surface area contributed by atoms with Gasteiger partial charge in [0.2, 0.25) is 0 Å². The second kappa shape index (κ2) is 4.74. The summed E-state index contributed by atoms with van der Waals surface area (Å²) in [7, 11) is 0. The van der Waals surface area contributed by atoms with Crippen molar-refractivity contribution in [1.29, 1.82) is 0 Å². The van der Waals surface area contributed by atoms with Crippen molar-refractivity contribution in [2.24, 2.45) is 0 Å². The second-order valence-electron chi connectivity index (χ2n) is 4.54. The average molecular weight is 242 g/mol. The van der Waals surface area contributed by atoms with Crippen LogP contribution in [0.15, 0.2) is 18.2 Å². The standard InChI is InChI=1S/C12H16ClNO2/c1-8-9(13)6-5-7-10(8)14-11(15)16-12(2,3)4/h5-7H,1-4H3,(H,14,15). The topological polar surface area (TPSA) is 38.3 Å². The largest absolute Gasteiger partial charge is 0.444 e. The van der Waals surface area contributed by atoms with E-state index in [2.05, 4.69) is 5.32 Å². The summed E-state index contributed by atoms with van der Waals surface area (Å²) >= 11 is 5.94. The van der Waals surface area contributed by atoms with Crippen LogP contribution in [0.1, 0.15) is 26.3 Å². The zero-order chi connectivity index (χ0) is 12.3. The van der Waals surface area contributed by atoms with E-state index in [4.69, 9.17) is 16.3 Å². The second-order valence-corrected chi connectivity index (χ2v) is 4.95. The number of hydrogen-bond acceptors (Lipinski definition) is 2. The minimum Gasteiger partial charge on any atom is -0.444 e. The lowest BCUT2D eigenvalue weighted by molar-refractivity contribution is 0.0636. The normalized spacial score (nSPS) is 11.1. The first-order chi connectivity index (χ1) is 7.29. The molecule has 0 fully saturated rings. The first-order valence-electron chi connectivity index (χ1n) is 5.05. The molecule has 0 aliphatic carbocycles. The Labute approximate surface area is 101 Å². The summed E-state index contributed by atoms with van der Waals surface area (Å²) in [4.78, 5) is 11.5. The third-order valence-corrected chi connectivity index (χ3v) is 2.31. The van der Waals surface area contributed by atoms with E-state index in [-0.39, 0.29) is 0 Å². The lowest BCUT2D eigenvalue weighted by Gasteiger charge is -2.20. The van der Waals surface area contributed by atoms with Gasteiger partial charge in [-0.05, 0) is 45.4 Å². The maximum absolute atomic E-state index is 11.5. The minimum atomic E-state index is -0.503. The van der Waals surface area contributed by atoms with E-state index in [9.17, 15) is 4.79 Å². The molecule has 1 aromatic carbocycles. The first kappa shape index (κ1) is 12.8. The Hall–Kier alpha value is -1.22. The van der Waals surface area contributed by atoms with Gasteiger partial charge >= 0.3 is 6.09 Å². The van der Waals surface area contributed by atoms with E-state index < -0.39 is 11.7 Å². The smallest absolute Gasteiger partial charge is 0.412 e.